The second-order valence-corrected chi connectivity index (χ2v) is 3.63. The topological polar surface area (TPSA) is 84.9 Å². The summed E-state index contributed by atoms with van der Waals surface area (Å²) in [4.78, 5) is 21.9. The van der Waals surface area contributed by atoms with E-state index in [-0.39, 0.29) is 18.4 Å². The molecule has 0 spiro atoms. The molecule has 0 saturated carbocycles. The average Bonchev–Trinajstić information content (AvgIpc) is 2.18. The highest BCUT2D eigenvalue weighted by molar-refractivity contribution is 5.78. The molecule has 0 aliphatic carbocycles. The van der Waals surface area contributed by atoms with Crippen LogP contribution in [-0.2, 0) is 19.1 Å². The molecule has 94 valence electrons. The molecule has 16 heavy (non-hydrogen) atoms. The monoisotopic (exact) mass is 233 g/mol. The normalized spacial score (nSPS) is 14.2. The molecule has 0 aromatic heterocycles. The average molecular weight is 233 g/mol. The lowest BCUT2D eigenvalue weighted by Gasteiger charge is -2.13. The van der Waals surface area contributed by atoms with Gasteiger partial charge in [0.1, 0.15) is 0 Å². The second kappa shape index (κ2) is 8.06. The third kappa shape index (κ3) is 6.36. The molecule has 1 amide bonds. The summed E-state index contributed by atoms with van der Waals surface area (Å²) in [6.07, 6.45) is -0.689. The Morgan fingerprint density at radius 2 is 2.00 bits per heavy atom. The minimum Gasteiger partial charge on any atom is -0.479 e. The number of rotatable bonds is 8. The van der Waals surface area contributed by atoms with E-state index in [2.05, 4.69) is 10.1 Å². The van der Waals surface area contributed by atoms with Crippen molar-refractivity contribution in [2.24, 2.45) is 5.92 Å². The van der Waals surface area contributed by atoms with E-state index < -0.39 is 12.1 Å². The number of hydrogen-bond donors (Lipinski definition) is 2. The van der Waals surface area contributed by atoms with Crippen LogP contribution in [0.1, 0.15) is 13.3 Å². The molecule has 0 heterocycles. The number of hydrogen-bond acceptors (Lipinski definition) is 4. The predicted octanol–water partition coefficient (Wildman–Crippen LogP) is -0.125. The first kappa shape index (κ1) is 14.9. The highest BCUT2D eigenvalue weighted by Gasteiger charge is 2.17. The molecule has 6 nitrogen and oxygen atoms in total. The van der Waals surface area contributed by atoms with Crippen LogP contribution < -0.4 is 5.32 Å². The number of carbonyl (C=O) groups excluding carboxylic acids is 1. The van der Waals surface area contributed by atoms with Crippen LogP contribution >= 0.6 is 0 Å². The van der Waals surface area contributed by atoms with E-state index in [4.69, 9.17) is 9.84 Å². The van der Waals surface area contributed by atoms with Gasteiger partial charge in [0.05, 0.1) is 6.54 Å². The number of carbonyl (C=O) groups is 2. The first-order chi connectivity index (χ1) is 7.51. The van der Waals surface area contributed by atoms with Crippen molar-refractivity contribution in [3.8, 4) is 0 Å². The van der Waals surface area contributed by atoms with Gasteiger partial charge in [-0.3, -0.25) is 4.79 Å². The molecular weight excluding hydrogens is 214 g/mol. The van der Waals surface area contributed by atoms with Gasteiger partial charge in [0.2, 0.25) is 5.91 Å². The Morgan fingerprint density at radius 3 is 2.44 bits per heavy atom. The van der Waals surface area contributed by atoms with Gasteiger partial charge in [-0.25, -0.2) is 4.79 Å². The third-order valence-electron chi connectivity index (χ3n) is 2.03. The zero-order valence-corrected chi connectivity index (χ0v) is 9.86. The molecule has 0 rings (SSSR count). The second-order valence-electron chi connectivity index (χ2n) is 3.63. The number of aliphatic carboxylic acids is 1. The summed E-state index contributed by atoms with van der Waals surface area (Å²) in [5, 5.41) is 11.2. The molecule has 0 radical (unpaired) electrons. The lowest BCUT2D eigenvalue weighted by atomic mass is 10.1. The van der Waals surface area contributed by atoms with Crippen molar-refractivity contribution in [3.05, 3.63) is 0 Å². The number of carboxylic acid groups (broad SMARTS) is 1. The van der Waals surface area contributed by atoms with Crippen LogP contribution in [-0.4, -0.2) is 50.5 Å². The van der Waals surface area contributed by atoms with Crippen LogP contribution in [0.2, 0.25) is 0 Å². The highest BCUT2D eigenvalue weighted by Crippen LogP contribution is 2.01. The fraction of sp³-hybridized carbons (Fsp3) is 0.800. The van der Waals surface area contributed by atoms with Crippen molar-refractivity contribution in [2.75, 3.05) is 27.4 Å². The zero-order chi connectivity index (χ0) is 12.6. The smallest absolute Gasteiger partial charge is 0.334 e. The van der Waals surface area contributed by atoms with Crippen molar-refractivity contribution >= 4 is 11.9 Å². The maximum atomic E-state index is 11.4. The SMILES string of the molecule is COCC(C)CC(=O)NCC(OC)C(=O)O. The van der Waals surface area contributed by atoms with Gasteiger partial charge < -0.3 is 19.9 Å². The van der Waals surface area contributed by atoms with E-state index in [0.29, 0.717) is 13.0 Å². The molecule has 0 aromatic rings. The number of nitrogens with one attached hydrogen (secondary N) is 1. The molecule has 0 fully saturated rings. The summed E-state index contributed by atoms with van der Waals surface area (Å²) in [6.45, 7) is 2.36. The number of ether oxygens (including phenoxy) is 2. The van der Waals surface area contributed by atoms with Gasteiger partial charge in [0.25, 0.3) is 0 Å². The Kier molecular flexibility index (Phi) is 7.49. The Bertz CT molecular complexity index is 231. The number of methoxy groups -OCH3 is 2. The molecule has 0 aliphatic heterocycles. The summed E-state index contributed by atoms with van der Waals surface area (Å²) >= 11 is 0. The van der Waals surface area contributed by atoms with Crippen molar-refractivity contribution in [1.82, 2.24) is 5.32 Å². The zero-order valence-electron chi connectivity index (χ0n) is 9.86. The summed E-state index contributed by atoms with van der Waals surface area (Å²) in [5.41, 5.74) is 0. The van der Waals surface area contributed by atoms with Crippen molar-refractivity contribution in [1.29, 1.82) is 0 Å². The molecule has 0 saturated heterocycles. The van der Waals surface area contributed by atoms with Gasteiger partial charge in [-0.15, -0.1) is 0 Å². The quantitative estimate of drug-likeness (QED) is 0.610. The van der Waals surface area contributed by atoms with Crippen LogP contribution in [0.4, 0.5) is 0 Å². The molecule has 0 aromatic carbocycles. The highest BCUT2D eigenvalue weighted by atomic mass is 16.5. The van der Waals surface area contributed by atoms with Crippen molar-refractivity contribution in [2.45, 2.75) is 19.4 Å². The standard InChI is InChI=1S/C10H19NO5/c1-7(6-15-2)4-9(12)11-5-8(16-3)10(13)14/h7-8H,4-6H2,1-3H3,(H,11,12)(H,13,14). The molecule has 6 heteroatoms. The summed E-state index contributed by atoms with van der Waals surface area (Å²) in [7, 11) is 2.86. The van der Waals surface area contributed by atoms with Crippen LogP contribution in [0.15, 0.2) is 0 Å². The summed E-state index contributed by atoms with van der Waals surface area (Å²) in [6, 6.07) is 0. The largest absolute Gasteiger partial charge is 0.479 e. The molecular formula is C10H19NO5. The minimum absolute atomic E-state index is 0.0234. The fourth-order valence-corrected chi connectivity index (χ4v) is 1.21. The molecule has 2 N–H and O–H groups in total. The van der Waals surface area contributed by atoms with Crippen LogP contribution in [0.3, 0.4) is 0 Å². The number of amides is 1. The maximum absolute atomic E-state index is 11.4. The Balaban J connectivity index is 3.83. The van der Waals surface area contributed by atoms with Crippen molar-refractivity contribution in [3.63, 3.8) is 0 Å². The van der Waals surface area contributed by atoms with Gasteiger partial charge in [-0.2, -0.15) is 0 Å². The van der Waals surface area contributed by atoms with Gasteiger partial charge >= 0.3 is 5.97 Å². The fourth-order valence-electron chi connectivity index (χ4n) is 1.21. The maximum Gasteiger partial charge on any atom is 0.334 e. The lowest BCUT2D eigenvalue weighted by molar-refractivity contribution is -0.148. The molecule has 2 unspecified atom stereocenters. The summed E-state index contributed by atoms with van der Waals surface area (Å²) < 4.78 is 9.57. The van der Waals surface area contributed by atoms with Crippen LogP contribution in [0.5, 0.6) is 0 Å². The molecule has 0 bridgehead atoms. The Labute approximate surface area is 94.9 Å². The predicted molar refractivity (Wildman–Crippen MR) is 57.1 cm³/mol. The lowest BCUT2D eigenvalue weighted by Crippen LogP contribution is -2.38. The van der Waals surface area contributed by atoms with Gasteiger partial charge in [0, 0.05) is 27.2 Å². The molecule has 2 atom stereocenters. The molecule has 0 aliphatic rings. The van der Waals surface area contributed by atoms with Crippen LogP contribution in [0, 0.1) is 5.92 Å². The van der Waals surface area contributed by atoms with E-state index in [1.807, 2.05) is 6.92 Å². The third-order valence-corrected chi connectivity index (χ3v) is 2.03. The van der Waals surface area contributed by atoms with E-state index in [1.165, 1.54) is 7.11 Å². The first-order valence-corrected chi connectivity index (χ1v) is 5.02. The minimum atomic E-state index is -1.09. The van der Waals surface area contributed by atoms with Gasteiger partial charge in [-0.05, 0) is 5.92 Å². The van der Waals surface area contributed by atoms with Gasteiger partial charge in [0.15, 0.2) is 6.10 Å². The first-order valence-electron chi connectivity index (χ1n) is 5.02. The van der Waals surface area contributed by atoms with E-state index in [9.17, 15) is 9.59 Å². The Morgan fingerprint density at radius 1 is 1.38 bits per heavy atom. The van der Waals surface area contributed by atoms with E-state index in [1.54, 1.807) is 7.11 Å². The van der Waals surface area contributed by atoms with E-state index in [0.717, 1.165) is 0 Å². The van der Waals surface area contributed by atoms with E-state index >= 15 is 0 Å². The summed E-state index contributed by atoms with van der Waals surface area (Å²) in [5.74, 6) is -1.18. The van der Waals surface area contributed by atoms with Crippen molar-refractivity contribution < 1.29 is 24.2 Å². The van der Waals surface area contributed by atoms with Crippen LogP contribution in [0.25, 0.3) is 0 Å². The Hall–Kier alpha value is -1.14. The van der Waals surface area contributed by atoms with Gasteiger partial charge in [-0.1, -0.05) is 6.92 Å². The number of carboxylic acids is 1.